The molecule has 17 heavy (non-hydrogen) atoms. The fourth-order valence-corrected chi connectivity index (χ4v) is 2.39. The summed E-state index contributed by atoms with van der Waals surface area (Å²) in [5.74, 6) is -1.54. The number of carbonyl (C=O) groups is 2. The molecule has 1 aliphatic carbocycles. The van der Waals surface area contributed by atoms with Crippen LogP contribution in [0.3, 0.4) is 0 Å². The first-order chi connectivity index (χ1) is 8.04. The molecule has 0 fully saturated rings. The molecule has 0 heterocycles. The molecular formula is C12H10ClFO3. The van der Waals surface area contributed by atoms with Crippen molar-refractivity contribution in [2.45, 2.75) is 12.1 Å². The zero-order valence-corrected chi connectivity index (χ0v) is 9.83. The number of methoxy groups -OCH3 is 1. The van der Waals surface area contributed by atoms with Gasteiger partial charge in [0.2, 0.25) is 0 Å². The maximum absolute atomic E-state index is 13.6. The second kappa shape index (κ2) is 4.11. The lowest BCUT2D eigenvalue weighted by atomic mass is 9.85. The molecule has 1 aromatic rings. The van der Waals surface area contributed by atoms with E-state index in [1.807, 2.05) is 0 Å². The molecule has 1 aliphatic rings. The number of benzene rings is 1. The first kappa shape index (κ1) is 12.0. The number of Topliss-reactive ketones (excluding diaryl/α,β-unsaturated/α-hetero) is 1. The molecule has 3 nitrogen and oxygen atoms in total. The molecule has 1 aromatic carbocycles. The molecular weight excluding hydrogens is 247 g/mol. The molecule has 2 unspecified atom stereocenters. The highest BCUT2D eigenvalue weighted by Crippen LogP contribution is 2.43. The third-order valence-electron chi connectivity index (χ3n) is 3.06. The average Bonchev–Trinajstić information content (AvgIpc) is 2.63. The molecule has 0 amide bonds. The topological polar surface area (TPSA) is 43.4 Å². The van der Waals surface area contributed by atoms with E-state index in [9.17, 15) is 14.0 Å². The van der Waals surface area contributed by atoms with Crippen LogP contribution in [0.25, 0.3) is 0 Å². The molecule has 0 saturated carbocycles. The van der Waals surface area contributed by atoms with Gasteiger partial charge in [0.1, 0.15) is 0 Å². The SMILES string of the molecule is COC(=O)C1(C(F)Cl)Cc2ccccc2C1=O. The van der Waals surface area contributed by atoms with Gasteiger partial charge in [0.05, 0.1) is 7.11 Å². The molecule has 90 valence electrons. The van der Waals surface area contributed by atoms with Gasteiger partial charge in [-0.15, -0.1) is 0 Å². The number of fused-ring (bicyclic) bond motifs is 1. The van der Waals surface area contributed by atoms with Crippen molar-refractivity contribution in [1.82, 2.24) is 0 Å². The van der Waals surface area contributed by atoms with Gasteiger partial charge < -0.3 is 4.74 Å². The van der Waals surface area contributed by atoms with Crippen molar-refractivity contribution < 1.29 is 18.7 Å². The summed E-state index contributed by atoms with van der Waals surface area (Å²) >= 11 is 5.41. The quantitative estimate of drug-likeness (QED) is 0.462. The maximum atomic E-state index is 13.6. The molecule has 0 aliphatic heterocycles. The lowest BCUT2D eigenvalue weighted by Gasteiger charge is -2.23. The van der Waals surface area contributed by atoms with Gasteiger partial charge >= 0.3 is 5.97 Å². The van der Waals surface area contributed by atoms with Crippen molar-refractivity contribution in [3.05, 3.63) is 35.4 Å². The Hall–Kier alpha value is -1.42. The van der Waals surface area contributed by atoms with Gasteiger partial charge in [-0.3, -0.25) is 9.59 Å². The van der Waals surface area contributed by atoms with E-state index < -0.39 is 22.8 Å². The Morgan fingerprint density at radius 1 is 1.53 bits per heavy atom. The summed E-state index contributed by atoms with van der Waals surface area (Å²) in [4.78, 5) is 23.8. The predicted octanol–water partition coefficient (Wildman–Crippen LogP) is 2.12. The van der Waals surface area contributed by atoms with Gasteiger partial charge in [-0.05, 0) is 5.56 Å². The Kier molecular flexibility index (Phi) is 2.91. The first-order valence-corrected chi connectivity index (χ1v) is 5.47. The second-order valence-corrected chi connectivity index (χ2v) is 4.31. The number of alkyl halides is 2. The van der Waals surface area contributed by atoms with E-state index in [4.69, 9.17) is 11.6 Å². The van der Waals surface area contributed by atoms with Crippen molar-refractivity contribution in [2.24, 2.45) is 5.41 Å². The normalized spacial score (nSPS) is 24.3. The van der Waals surface area contributed by atoms with Gasteiger partial charge in [-0.25, -0.2) is 4.39 Å². The lowest BCUT2D eigenvalue weighted by molar-refractivity contribution is -0.151. The van der Waals surface area contributed by atoms with Crippen LogP contribution >= 0.6 is 11.6 Å². The lowest BCUT2D eigenvalue weighted by Crippen LogP contribution is -2.44. The number of halogens is 2. The largest absolute Gasteiger partial charge is 0.468 e. The minimum atomic E-state index is -2.10. The summed E-state index contributed by atoms with van der Waals surface area (Å²) in [5.41, 5.74) is -3.08. The molecule has 0 radical (unpaired) electrons. The van der Waals surface area contributed by atoms with Crippen LogP contribution in [-0.4, -0.2) is 24.5 Å². The van der Waals surface area contributed by atoms with Crippen LogP contribution in [0, 0.1) is 5.41 Å². The molecule has 0 N–H and O–H groups in total. The summed E-state index contributed by atoms with van der Waals surface area (Å²) < 4.78 is 18.1. The number of carbonyl (C=O) groups excluding carboxylic acids is 2. The third kappa shape index (κ3) is 1.55. The van der Waals surface area contributed by atoms with E-state index in [-0.39, 0.29) is 6.42 Å². The van der Waals surface area contributed by atoms with E-state index in [0.29, 0.717) is 11.1 Å². The minimum Gasteiger partial charge on any atom is -0.468 e. The van der Waals surface area contributed by atoms with Gasteiger partial charge in [-0.1, -0.05) is 35.9 Å². The van der Waals surface area contributed by atoms with E-state index in [2.05, 4.69) is 4.74 Å². The predicted molar refractivity (Wildman–Crippen MR) is 59.7 cm³/mol. The average molecular weight is 257 g/mol. The van der Waals surface area contributed by atoms with E-state index >= 15 is 0 Å². The third-order valence-corrected chi connectivity index (χ3v) is 3.43. The van der Waals surface area contributed by atoms with Crippen molar-refractivity contribution >= 4 is 23.4 Å². The van der Waals surface area contributed by atoms with Crippen LogP contribution in [-0.2, 0) is 16.0 Å². The number of rotatable bonds is 2. The number of hydrogen-bond donors (Lipinski definition) is 0. The van der Waals surface area contributed by atoms with Gasteiger partial charge in [-0.2, -0.15) is 0 Å². The fraction of sp³-hybridized carbons (Fsp3) is 0.333. The Morgan fingerprint density at radius 2 is 2.18 bits per heavy atom. The molecule has 5 heteroatoms. The van der Waals surface area contributed by atoms with Crippen molar-refractivity contribution in [1.29, 1.82) is 0 Å². The van der Waals surface area contributed by atoms with Crippen LogP contribution in [0.15, 0.2) is 24.3 Å². The number of hydrogen-bond acceptors (Lipinski definition) is 3. The molecule has 2 rings (SSSR count). The smallest absolute Gasteiger partial charge is 0.324 e. The highest BCUT2D eigenvalue weighted by Gasteiger charge is 2.58. The van der Waals surface area contributed by atoms with Crippen LogP contribution < -0.4 is 0 Å². The van der Waals surface area contributed by atoms with Crippen LogP contribution in [0.4, 0.5) is 4.39 Å². The Bertz CT molecular complexity index is 486. The molecule has 0 bridgehead atoms. The molecule has 0 saturated heterocycles. The zero-order valence-electron chi connectivity index (χ0n) is 9.07. The van der Waals surface area contributed by atoms with E-state index in [0.717, 1.165) is 7.11 Å². The number of ketones is 1. The van der Waals surface area contributed by atoms with E-state index in [1.165, 1.54) is 0 Å². The first-order valence-electron chi connectivity index (χ1n) is 5.03. The zero-order chi connectivity index (χ0) is 12.6. The highest BCUT2D eigenvalue weighted by atomic mass is 35.5. The van der Waals surface area contributed by atoms with Crippen molar-refractivity contribution in [3.63, 3.8) is 0 Å². The standard InChI is InChI=1S/C12H10ClFO3/c1-17-11(16)12(10(13)14)6-7-4-2-3-5-8(7)9(12)15/h2-5,10H,6H2,1H3. The summed E-state index contributed by atoms with van der Waals surface area (Å²) in [6.07, 6.45) is -0.0562. The van der Waals surface area contributed by atoms with Gasteiger partial charge in [0, 0.05) is 12.0 Å². The van der Waals surface area contributed by atoms with E-state index in [1.54, 1.807) is 24.3 Å². The minimum absolute atomic E-state index is 0.0562. The van der Waals surface area contributed by atoms with Gasteiger partial charge in [0.15, 0.2) is 16.8 Å². The van der Waals surface area contributed by atoms with Gasteiger partial charge in [0.25, 0.3) is 0 Å². The molecule has 2 atom stereocenters. The maximum Gasteiger partial charge on any atom is 0.324 e. The highest BCUT2D eigenvalue weighted by molar-refractivity contribution is 6.28. The van der Waals surface area contributed by atoms with Crippen molar-refractivity contribution in [3.8, 4) is 0 Å². The van der Waals surface area contributed by atoms with Crippen molar-refractivity contribution in [2.75, 3.05) is 7.11 Å². The Morgan fingerprint density at radius 3 is 2.71 bits per heavy atom. The van der Waals surface area contributed by atoms with Crippen LogP contribution in [0.1, 0.15) is 15.9 Å². The monoisotopic (exact) mass is 256 g/mol. The summed E-state index contributed by atoms with van der Waals surface area (Å²) in [7, 11) is 1.11. The molecule has 0 spiro atoms. The summed E-state index contributed by atoms with van der Waals surface area (Å²) in [5, 5.41) is 0. The molecule has 0 aromatic heterocycles. The van der Waals surface area contributed by atoms with Crippen LogP contribution in [0.5, 0.6) is 0 Å². The Balaban J connectivity index is 2.55. The second-order valence-electron chi connectivity index (χ2n) is 3.93. The Labute approximate surface area is 103 Å². The summed E-state index contributed by atoms with van der Waals surface area (Å²) in [6, 6.07) is 6.62. The number of esters is 1. The fourth-order valence-electron chi connectivity index (χ4n) is 2.13. The summed E-state index contributed by atoms with van der Waals surface area (Å²) in [6.45, 7) is 0. The van der Waals surface area contributed by atoms with Crippen LogP contribution in [0.2, 0.25) is 0 Å². The number of ether oxygens (including phenoxy) is 1.